The average molecular weight is 471 g/mol. The van der Waals surface area contributed by atoms with Crippen molar-refractivity contribution in [2.75, 3.05) is 25.0 Å². The molecule has 0 radical (unpaired) electrons. The summed E-state index contributed by atoms with van der Waals surface area (Å²) in [4.78, 5) is 18.5. The summed E-state index contributed by atoms with van der Waals surface area (Å²) in [5.41, 5.74) is 0.896. The Kier molecular flexibility index (Phi) is 6.14. The number of halogens is 5. The number of nitrogens with zero attached hydrogens (tertiary/aromatic N) is 3. The molecule has 0 bridgehead atoms. The summed E-state index contributed by atoms with van der Waals surface area (Å²) in [6.07, 6.45) is -1.25. The van der Waals surface area contributed by atoms with Crippen LogP contribution >= 0.6 is 23.2 Å². The number of nitrogens with one attached hydrogen (secondary N) is 1. The van der Waals surface area contributed by atoms with Gasteiger partial charge >= 0.3 is 6.18 Å². The number of aromatic nitrogens is 2. The van der Waals surface area contributed by atoms with Crippen LogP contribution in [0.2, 0.25) is 10.0 Å². The summed E-state index contributed by atoms with van der Waals surface area (Å²) in [7, 11) is 0. The SMILES string of the molecule is O=C(CN1CCC(n2cnc3cc(C(F)(F)F)ccc32)CC1)Nc1ccc(Cl)c(Cl)c1. The van der Waals surface area contributed by atoms with Gasteiger partial charge in [0.2, 0.25) is 5.91 Å². The minimum absolute atomic E-state index is 0.121. The van der Waals surface area contributed by atoms with E-state index in [4.69, 9.17) is 23.2 Å². The molecule has 1 aliphatic rings. The summed E-state index contributed by atoms with van der Waals surface area (Å²) in [6.45, 7) is 1.63. The molecule has 0 atom stereocenters. The van der Waals surface area contributed by atoms with Crippen LogP contribution in [0.1, 0.15) is 24.4 Å². The Morgan fingerprint density at radius 3 is 2.52 bits per heavy atom. The smallest absolute Gasteiger partial charge is 0.327 e. The quantitative estimate of drug-likeness (QED) is 0.536. The zero-order valence-electron chi connectivity index (χ0n) is 16.3. The van der Waals surface area contributed by atoms with Crippen LogP contribution in [0.3, 0.4) is 0 Å². The van der Waals surface area contributed by atoms with E-state index >= 15 is 0 Å². The van der Waals surface area contributed by atoms with Gasteiger partial charge in [0.1, 0.15) is 0 Å². The van der Waals surface area contributed by atoms with Crippen LogP contribution in [0.5, 0.6) is 0 Å². The minimum atomic E-state index is -4.39. The van der Waals surface area contributed by atoms with Gasteiger partial charge in [-0.25, -0.2) is 4.98 Å². The number of carbonyl (C=O) groups excluding carboxylic acids is 1. The molecule has 164 valence electrons. The predicted molar refractivity (Wildman–Crippen MR) is 115 cm³/mol. The molecule has 1 saturated heterocycles. The fourth-order valence-electron chi connectivity index (χ4n) is 3.83. The maximum atomic E-state index is 12.9. The summed E-state index contributed by atoms with van der Waals surface area (Å²) in [5.74, 6) is -0.149. The fraction of sp³-hybridized carbons (Fsp3) is 0.333. The number of amides is 1. The Hall–Kier alpha value is -2.29. The Morgan fingerprint density at radius 1 is 1.10 bits per heavy atom. The van der Waals surface area contributed by atoms with Gasteiger partial charge in [-0.3, -0.25) is 9.69 Å². The lowest BCUT2D eigenvalue weighted by Crippen LogP contribution is -2.39. The van der Waals surface area contributed by atoms with Crippen molar-refractivity contribution in [3.05, 3.63) is 58.3 Å². The van der Waals surface area contributed by atoms with Gasteiger partial charge in [-0.15, -0.1) is 0 Å². The zero-order valence-corrected chi connectivity index (χ0v) is 17.8. The van der Waals surface area contributed by atoms with Crippen LogP contribution in [0, 0.1) is 0 Å². The standard InChI is InChI=1S/C21H19Cl2F3N4O/c22-16-3-2-14(10-17(16)23)28-20(31)11-29-7-5-15(6-8-29)30-12-27-18-9-13(21(24,25)26)1-4-19(18)30/h1-4,9-10,12,15H,5-8,11H2,(H,28,31). The monoisotopic (exact) mass is 470 g/mol. The maximum Gasteiger partial charge on any atom is 0.416 e. The molecule has 2 aromatic carbocycles. The molecule has 1 aliphatic heterocycles. The molecule has 1 fully saturated rings. The van der Waals surface area contributed by atoms with Gasteiger partial charge in [0, 0.05) is 24.8 Å². The lowest BCUT2D eigenvalue weighted by molar-refractivity contribution is -0.137. The molecule has 1 aromatic heterocycles. The molecule has 5 nitrogen and oxygen atoms in total. The Labute approximate surface area is 186 Å². The van der Waals surface area contributed by atoms with Crippen molar-refractivity contribution in [3.63, 3.8) is 0 Å². The van der Waals surface area contributed by atoms with Crippen LogP contribution < -0.4 is 5.32 Å². The predicted octanol–water partition coefficient (Wildman–Crippen LogP) is 5.64. The zero-order chi connectivity index (χ0) is 22.2. The number of fused-ring (bicyclic) bond motifs is 1. The number of benzene rings is 2. The first-order valence-corrected chi connectivity index (χ1v) is 10.5. The number of piperidine rings is 1. The lowest BCUT2D eigenvalue weighted by atomic mass is 10.0. The van der Waals surface area contributed by atoms with Gasteiger partial charge in [-0.05, 0) is 49.2 Å². The van der Waals surface area contributed by atoms with Crippen molar-refractivity contribution in [2.45, 2.75) is 25.1 Å². The molecule has 4 rings (SSSR count). The van der Waals surface area contributed by atoms with E-state index in [9.17, 15) is 18.0 Å². The second-order valence-electron chi connectivity index (χ2n) is 7.54. The molecule has 31 heavy (non-hydrogen) atoms. The van der Waals surface area contributed by atoms with E-state index in [1.807, 2.05) is 9.47 Å². The van der Waals surface area contributed by atoms with Crippen LogP contribution in [-0.4, -0.2) is 40.0 Å². The largest absolute Gasteiger partial charge is 0.416 e. The van der Waals surface area contributed by atoms with Crippen LogP contribution in [-0.2, 0) is 11.0 Å². The van der Waals surface area contributed by atoms with Crippen molar-refractivity contribution in [3.8, 4) is 0 Å². The van der Waals surface area contributed by atoms with Gasteiger partial charge in [-0.2, -0.15) is 13.2 Å². The van der Waals surface area contributed by atoms with E-state index in [-0.39, 0.29) is 18.5 Å². The number of imidazole rings is 1. The van der Waals surface area contributed by atoms with Gasteiger partial charge < -0.3 is 9.88 Å². The minimum Gasteiger partial charge on any atom is -0.327 e. The Bertz CT molecular complexity index is 1110. The van der Waals surface area contributed by atoms with E-state index < -0.39 is 11.7 Å². The third-order valence-corrected chi connectivity index (χ3v) is 6.16. The lowest BCUT2D eigenvalue weighted by Gasteiger charge is -2.32. The van der Waals surface area contributed by atoms with Gasteiger partial charge in [0.25, 0.3) is 0 Å². The number of rotatable bonds is 4. The van der Waals surface area contributed by atoms with Crippen molar-refractivity contribution < 1.29 is 18.0 Å². The highest BCUT2D eigenvalue weighted by Crippen LogP contribution is 2.33. The molecule has 0 spiro atoms. The van der Waals surface area contributed by atoms with Crippen molar-refractivity contribution in [1.82, 2.24) is 14.5 Å². The molecule has 0 saturated carbocycles. The van der Waals surface area contributed by atoms with Gasteiger partial charge in [0.15, 0.2) is 0 Å². The first kappa shape index (κ1) is 21.9. The van der Waals surface area contributed by atoms with Crippen LogP contribution in [0.15, 0.2) is 42.7 Å². The number of hydrogen-bond donors (Lipinski definition) is 1. The van der Waals surface area contributed by atoms with Crippen molar-refractivity contribution in [2.24, 2.45) is 0 Å². The summed E-state index contributed by atoms with van der Waals surface area (Å²) in [6, 6.07) is 8.67. The summed E-state index contributed by atoms with van der Waals surface area (Å²) < 4.78 is 40.7. The van der Waals surface area contributed by atoms with Crippen LogP contribution in [0.4, 0.5) is 18.9 Å². The first-order chi connectivity index (χ1) is 14.7. The molecule has 0 unspecified atom stereocenters. The average Bonchev–Trinajstić information content (AvgIpc) is 3.14. The second kappa shape index (κ2) is 8.68. The highest BCUT2D eigenvalue weighted by Gasteiger charge is 2.31. The summed E-state index contributed by atoms with van der Waals surface area (Å²) in [5, 5.41) is 3.60. The van der Waals surface area contributed by atoms with E-state index in [1.54, 1.807) is 24.5 Å². The highest BCUT2D eigenvalue weighted by atomic mass is 35.5. The molecule has 1 amide bonds. The van der Waals surface area contributed by atoms with E-state index in [1.165, 1.54) is 6.07 Å². The topological polar surface area (TPSA) is 50.2 Å². The van der Waals surface area contributed by atoms with Crippen molar-refractivity contribution in [1.29, 1.82) is 0 Å². The van der Waals surface area contributed by atoms with E-state index in [2.05, 4.69) is 10.3 Å². The Morgan fingerprint density at radius 2 is 1.84 bits per heavy atom. The van der Waals surface area contributed by atoms with Crippen LogP contribution in [0.25, 0.3) is 11.0 Å². The molecule has 10 heteroatoms. The summed E-state index contributed by atoms with van der Waals surface area (Å²) >= 11 is 11.9. The third-order valence-electron chi connectivity index (χ3n) is 5.42. The molecular weight excluding hydrogens is 452 g/mol. The molecule has 0 aliphatic carbocycles. The number of anilines is 1. The number of carbonyl (C=O) groups is 1. The normalized spacial score (nSPS) is 16.0. The second-order valence-corrected chi connectivity index (χ2v) is 8.35. The van der Waals surface area contributed by atoms with Gasteiger partial charge in [0.05, 0.1) is 39.5 Å². The van der Waals surface area contributed by atoms with Gasteiger partial charge in [-0.1, -0.05) is 23.2 Å². The first-order valence-electron chi connectivity index (χ1n) is 9.72. The number of hydrogen-bond acceptors (Lipinski definition) is 3. The fourth-order valence-corrected chi connectivity index (χ4v) is 4.13. The maximum absolute atomic E-state index is 12.9. The molecule has 1 N–H and O–H groups in total. The molecular formula is C21H19Cl2F3N4O. The Balaban J connectivity index is 1.35. The van der Waals surface area contributed by atoms with Crippen molar-refractivity contribution >= 4 is 45.8 Å². The third kappa shape index (κ3) is 4.97. The highest BCUT2D eigenvalue weighted by molar-refractivity contribution is 6.42. The van der Waals surface area contributed by atoms with E-state index in [0.29, 0.717) is 39.9 Å². The molecule has 3 aromatic rings. The molecule has 2 heterocycles. The van der Waals surface area contributed by atoms with E-state index in [0.717, 1.165) is 25.0 Å². The number of alkyl halides is 3. The number of likely N-dealkylation sites (tertiary alicyclic amines) is 1.